The molecule has 2 heterocycles. The van der Waals surface area contributed by atoms with Crippen LogP contribution in [-0.4, -0.2) is 24.1 Å². The predicted octanol–water partition coefficient (Wildman–Crippen LogP) is 0.499. The lowest BCUT2D eigenvalue weighted by molar-refractivity contribution is -0.154. The van der Waals surface area contributed by atoms with Crippen molar-refractivity contribution in [3.8, 4) is 0 Å². The number of hydrogen-bond acceptors (Lipinski definition) is 4. The predicted molar refractivity (Wildman–Crippen MR) is 47.6 cm³/mol. The zero-order valence-corrected chi connectivity index (χ0v) is 8.22. The third-order valence-corrected chi connectivity index (χ3v) is 4.54. The molecule has 80 valence electrons. The highest BCUT2D eigenvalue weighted by molar-refractivity contribution is 5.97. The van der Waals surface area contributed by atoms with Crippen LogP contribution < -0.4 is 0 Å². The third-order valence-electron chi connectivity index (χ3n) is 4.54. The minimum absolute atomic E-state index is 0.186. The summed E-state index contributed by atoms with van der Waals surface area (Å²) in [5, 5.41) is 0. The van der Waals surface area contributed by atoms with E-state index in [-0.39, 0.29) is 47.8 Å². The summed E-state index contributed by atoms with van der Waals surface area (Å²) < 4.78 is 10.4. The molecule has 0 spiro atoms. The number of epoxide rings is 1. The molecule has 0 unspecified atom stereocenters. The first-order valence-corrected chi connectivity index (χ1v) is 5.68. The van der Waals surface area contributed by atoms with Crippen LogP contribution in [0.25, 0.3) is 0 Å². The van der Waals surface area contributed by atoms with Crippen molar-refractivity contribution in [3.63, 3.8) is 0 Å². The number of hydrogen-bond donors (Lipinski definition) is 0. The zero-order valence-electron chi connectivity index (χ0n) is 8.22. The quantitative estimate of drug-likeness (QED) is 0.330. The van der Waals surface area contributed by atoms with Crippen molar-refractivity contribution in [3.05, 3.63) is 0 Å². The fraction of sp³-hybridized carbons (Fsp3) is 0.818. The highest BCUT2D eigenvalue weighted by atomic mass is 16.6. The Labute approximate surface area is 86.9 Å². The van der Waals surface area contributed by atoms with E-state index in [9.17, 15) is 9.59 Å². The second-order valence-electron chi connectivity index (χ2n) is 5.12. The molecule has 6 atom stereocenters. The Kier molecular flexibility index (Phi) is 1.34. The lowest BCUT2D eigenvalue weighted by Crippen LogP contribution is -2.39. The molecule has 3 saturated carbocycles. The van der Waals surface area contributed by atoms with Crippen molar-refractivity contribution in [2.45, 2.75) is 31.5 Å². The molecular formula is C11H12O4. The molecule has 15 heavy (non-hydrogen) atoms. The topological polar surface area (TPSA) is 55.9 Å². The van der Waals surface area contributed by atoms with Crippen molar-refractivity contribution < 1.29 is 19.1 Å². The Morgan fingerprint density at radius 1 is 0.933 bits per heavy atom. The van der Waals surface area contributed by atoms with Gasteiger partial charge in [0.2, 0.25) is 0 Å². The minimum Gasteiger partial charge on any atom is -0.393 e. The maximum atomic E-state index is 11.6. The Hall–Kier alpha value is -0.900. The summed E-state index contributed by atoms with van der Waals surface area (Å²) in [6.45, 7) is 0. The van der Waals surface area contributed by atoms with Gasteiger partial charge in [0.15, 0.2) is 0 Å². The SMILES string of the molecule is O=C1OC(=O)[C@H]2[C@@H]3CCC[C@@H]([C@H]4O[C@H]34)[C@@H]12. The average Bonchev–Trinajstić information content (AvgIpc) is 2.96. The molecule has 5 rings (SSSR count). The fourth-order valence-electron chi connectivity index (χ4n) is 3.92. The Morgan fingerprint density at radius 3 is 2.00 bits per heavy atom. The van der Waals surface area contributed by atoms with Gasteiger partial charge in [-0.25, -0.2) is 0 Å². The number of cyclic esters (lactones) is 2. The highest BCUT2D eigenvalue weighted by Crippen LogP contribution is 2.58. The molecule has 4 nitrogen and oxygen atoms in total. The summed E-state index contributed by atoms with van der Waals surface area (Å²) in [5.41, 5.74) is 0. The van der Waals surface area contributed by atoms with E-state index in [4.69, 9.17) is 9.47 Å². The van der Waals surface area contributed by atoms with E-state index in [1.54, 1.807) is 0 Å². The first-order valence-electron chi connectivity index (χ1n) is 5.68. The summed E-state index contributed by atoms with van der Waals surface area (Å²) in [4.78, 5) is 23.3. The molecule has 0 aromatic rings. The van der Waals surface area contributed by atoms with E-state index in [1.807, 2.05) is 0 Å². The number of carbonyl (C=O) groups is 2. The summed E-state index contributed by atoms with van der Waals surface area (Å²) in [5.74, 6) is -0.468. The number of ether oxygens (including phenoxy) is 2. The van der Waals surface area contributed by atoms with Crippen LogP contribution in [-0.2, 0) is 19.1 Å². The smallest absolute Gasteiger partial charge is 0.317 e. The number of rotatable bonds is 0. The number of fused-ring (bicyclic) bond motifs is 2. The van der Waals surface area contributed by atoms with E-state index in [0.717, 1.165) is 19.3 Å². The largest absolute Gasteiger partial charge is 0.393 e. The van der Waals surface area contributed by atoms with Crippen molar-refractivity contribution in [1.29, 1.82) is 0 Å². The van der Waals surface area contributed by atoms with Gasteiger partial charge in [-0.1, -0.05) is 6.42 Å². The standard InChI is InChI=1S/C11H12O4/c12-10-6-4-2-1-3-5(9-8(4)14-9)7(6)11(13)15-10/h4-9H,1-3H2/t4-,5+,6-,7+,8-,9-/m1/s1. The molecule has 2 aliphatic heterocycles. The first kappa shape index (κ1) is 8.28. The van der Waals surface area contributed by atoms with Crippen LogP contribution in [0.4, 0.5) is 0 Å². The summed E-state index contributed by atoms with van der Waals surface area (Å²) in [6.07, 6.45) is 3.65. The molecule has 3 aliphatic carbocycles. The number of esters is 2. The van der Waals surface area contributed by atoms with Gasteiger partial charge < -0.3 is 9.47 Å². The lowest BCUT2D eigenvalue weighted by atomic mass is 9.69. The van der Waals surface area contributed by atoms with Crippen molar-refractivity contribution in [2.75, 3.05) is 0 Å². The van der Waals surface area contributed by atoms with Crippen LogP contribution in [0.1, 0.15) is 19.3 Å². The molecule has 0 aromatic heterocycles. The average molecular weight is 208 g/mol. The normalized spacial score (nSPS) is 55.7. The zero-order chi connectivity index (χ0) is 10.2. The van der Waals surface area contributed by atoms with Gasteiger partial charge in [-0.15, -0.1) is 0 Å². The molecule has 0 N–H and O–H groups in total. The van der Waals surface area contributed by atoms with Crippen molar-refractivity contribution in [2.24, 2.45) is 23.7 Å². The van der Waals surface area contributed by atoms with Gasteiger partial charge in [0.25, 0.3) is 0 Å². The maximum Gasteiger partial charge on any atom is 0.317 e. The molecule has 0 aromatic carbocycles. The van der Waals surface area contributed by atoms with Gasteiger partial charge in [0, 0.05) is 11.8 Å². The van der Waals surface area contributed by atoms with Crippen LogP contribution in [0.15, 0.2) is 0 Å². The van der Waals surface area contributed by atoms with Gasteiger partial charge >= 0.3 is 11.9 Å². The summed E-state index contributed by atoms with van der Waals surface area (Å²) >= 11 is 0. The van der Waals surface area contributed by atoms with Gasteiger partial charge in [0.05, 0.1) is 24.0 Å². The van der Waals surface area contributed by atoms with Gasteiger partial charge in [-0.05, 0) is 12.8 Å². The van der Waals surface area contributed by atoms with E-state index in [1.165, 1.54) is 0 Å². The van der Waals surface area contributed by atoms with Crippen molar-refractivity contribution >= 4 is 11.9 Å². The second-order valence-corrected chi connectivity index (χ2v) is 5.12. The fourth-order valence-corrected chi connectivity index (χ4v) is 3.92. The summed E-state index contributed by atoms with van der Waals surface area (Å²) in [6, 6.07) is 0. The van der Waals surface area contributed by atoms with Crippen LogP contribution in [0.3, 0.4) is 0 Å². The molecule has 2 saturated heterocycles. The maximum absolute atomic E-state index is 11.6. The lowest BCUT2D eigenvalue weighted by Gasteiger charge is -2.27. The van der Waals surface area contributed by atoms with E-state index in [2.05, 4.69) is 0 Å². The molecule has 2 bridgehead atoms. The molecule has 5 fully saturated rings. The van der Waals surface area contributed by atoms with E-state index < -0.39 is 0 Å². The molecule has 4 heteroatoms. The molecule has 0 amide bonds. The Morgan fingerprint density at radius 2 is 1.47 bits per heavy atom. The van der Waals surface area contributed by atoms with Crippen LogP contribution in [0, 0.1) is 23.7 Å². The van der Waals surface area contributed by atoms with Crippen LogP contribution in [0.2, 0.25) is 0 Å². The van der Waals surface area contributed by atoms with E-state index >= 15 is 0 Å². The van der Waals surface area contributed by atoms with E-state index in [0.29, 0.717) is 0 Å². The highest BCUT2D eigenvalue weighted by Gasteiger charge is 2.68. The summed E-state index contributed by atoms with van der Waals surface area (Å²) in [7, 11) is 0. The molecule has 5 aliphatic rings. The number of carbonyl (C=O) groups excluding carboxylic acids is 2. The first-order chi connectivity index (χ1) is 7.27. The van der Waals surface area contributed by atoms with Crippen LogP contribution >= 0.6 is 0 Å². The second kappa shape index (κ2) is 2.43. The monoisotopic (exact) mass is 208 g/mol. The van der Waals surface area contributed by atoms with Crippen molar-refractivity contribution in [1.82, 2.24) is 0 Å². The Bertz CT molecular complexity index is 332. The third kappa shape index (κ3) is 0.869. The van der Waals surface area contributed by atoms with Crippen LogP contribution in [0.5, 0.6) is 0 Å². The molecular weight excluding hydrogens is 196 g/mol. The molecule has 0 radical (unpaired) electrons. The minimum atomic E-state index is -0.296. The van der Waals surface area contributed by atoms with Gasteiger partial charge in [0.1, 0.15) is 0 Å². The van der Waals surface area contributed by atoms with Gasteiger partial charge in [-0.3, -0.25) is 9.59 Å². The van der Waals surface area contributed by atoms with Gasteiger partial charge in [-0.2, -0.15) is 0 Å². The Balaban J connectivity index is 1.83.